The first-order chi connectivity index (χ1) is 16.3. The molecule has 8 heteroatoms. The highest BCUT2D eigenvalue weighted by Gasteiger charge is 2.45. The Morgan fingerprint density at radius 2 is 1.85 bits per heavy atom. The van der Waals surface area contributed by atoms with Crippen molar-refractivity contribution in [2.75, 3.05) is 6.79 Å². The summed E-state index contributed by atoms with van der Waals surface area (Å²) >= 11 is 0. The van der Waals surface area contributed by atoms with Gasteiger partial charge in [0.2, 0.25) is 6.79 Å². The molecule has 0 saturated carbocycles. The molecule has 0 fully saturated rings. The number of carbonyl (C=O) groups excluding carboxylic acids is 1. The van der Waals surface area contributed by atoms with Gasteiger partial charge >= 0.3 is 5.97 Å². The average molecular weight is 463 g/mol. The lowest BCUT2D eigenvalue weighted by Crippen LogP contribution is -2.44. The highest BCUT2D eigenvalue weighted by molar-refractivity contribution is 5.95. The number of cyclic esters (lactones) is 1. The number of benzene rings is 2. The van der Waals surface area contributed by atoms with Crippen LogP contribution < -0.4 is 20.3 Å². The Balaban J connectivity index is 1.62. The smallest absolute Gasteiger partial charge is 0.343 e. The first-order valence-electron chi connectivity index (χ1n) is 11.6. The van der Waals surface area contributed by atoms with Crippen LogP contribution in [0.4, 0.5) is 0 Å². The van der Waals surface area contributed by atoms with Gasteiger partial charge in [0, 0.05) is 23.7 Å². The lowest BCUT2D eigenvalue weighted by molar-refractivity contribution is -0.172. The number of fused-ring (bicyclic) bond motifs is 6. The molecule has 0 unspecified atom stereocenters. The van der Waals surface area contributed by atoms with Crippen LogP contribution in [0.25, 0.3) is 22.0 Å². The zero-order valence-corrected chi connectivity index (χ0v) is 19.4. The Hall–Kier alpha value is -3.36. The van der Waals surface area contributed by atoms with Gasteiger partial charge < -0.3 is 29.2 Å². The molecule has 3 aromatic rings. The summed E-state index contributed by atoms with van der Waals surface area (Å²) in [6, 6.07) is 8.11. The Morgan fingerprint density at radius 1 is 1.09 bits per heavy atom. The van der Waals surface area contributed by atoms with E-state index in [-0.39, 0.29) is 31.4 Å². The molecule has 4 heterocycles. The van der Waals surface area contributed by atoms with Crippen LogP contribution in [-0.4, -0.2) is 28.5 Å². The largest absolute Gasteiger partial charge is 0.458 e. The number of nitrogens with zero attached hydrogens (tertiary/aromatic N) is 1. The van der Waals surface area contributed by atoms with Gasteiger partial charge in [0.05, 0.1) is 17.8 Å². The molecule has 1 aromatic heterocycles. The second kappa shape index (κ2) is 7.32. The van der Waals surface area contributed by atoms with E-state index in [4.69, 9.17) is 14.2 Å². The van der Waals surface area contributed by atoms with E-state index in [2.05, 4.69) is 25.2 Å². The van der Waals surface area contributed by atoms with Crippen molar-refractivity contribution in [3.05, 3.63) is 56.9 Å². The molecule has 8 nitrogen and oxygen atoms in total. The minimum atomic E-state index is -1.82. The fraction of sp³-hybridized carbons (Fsp3) is 0.385. The van der Waals surface area contributed by atoms with Crippen LogP contribution >= 0.6 is 0 Å². The Labute approximate surface area is 196 Å². The van der Waals surface area contributed by atoms with Gasteiger partial charge in [-0.1, -0.05) is 20.8 Å². The second-order valence-electron chi connectivity index (χ2n) is 9.45. The summed E-state index contributed by atoms with van der Waals surface area (Å²) in [5.74, 6) is 0.697. The van der Waals surface area contributed by atoms with E-state index in [1.165, 1.54) is 0 Å². The maximum atomic E-state index is 13.5. The van der Waals surface area contributed by atoms with Crippen LogP contribution in [0.3, 0.4) is 0 Å². The van der Waals surface area contributed by atoms with Crippen molar-refractivity contribution in [3.8, 4) is 22.8 Å². The molecule has 0 radical (unpaired) electrons. The predicted molar refractivity (Wildman–Crippen MR) is 125 cm³/mol. The molecule has 1 atom stereocenters. The van der Waals surface area contributed by atoms with Crippen LogP contribution in [0.2, 0.25) is 0 Å². The summed E-state index contributed by atoms with van der Waals surface area (Å²) in [5, 5.41) is 16.7. The normalized spacial score (nSPS) is 19.9. The Morgan fingerprint density at radius 3 is 2.59 bits per heavy atom. The molecule has 0 aliphatic carbocycles. The van der Waals surface area contributed by atoms with Gasteiger partial charge in [-0.15, -0.1) is 0 Å². The van der Waals surface area contributed by atoms with E-state index in [9.17, 15) is 14.7 Å². The van der Waals surface area contributed by atoms with Crippen LogP contribution in [0.5, 0.6) is 11.5 Å². The molecule has 176 valence electrons. The minimum Gasteiger partial charge on any atom is -0.458 e. The number of carbonyl (C=O) groups is 1. The Kier molecular flexibility index (Phi) is 4.56. The number of pyridine rings is 1. The van der Waals surface area contributed by atoms with Crippen molar-refractivity contribution >= 4 is 16.7 Å². The van der Waals surface area contributed by atoms with Crippen molar-refractivity contribution < 1.29 is 24.1 Å². The van der Waals surface area contributed by atoms with Gasteiger partial charge in [0.1, 0.15) is 6.61 Å². The molecule has 0 spiro atoms. The molecule has 0 amide bonds. The SMILES string of the molecule is CC[C@@]1(O)C(=O)OCc2c1cc1n(c2=O)Cc2c-1cc1cc3c(cc1c2CNC(C)C)OCO3. The molecule has 0 saturated heterocycles. The van der Waals surface area contributed by atoms with Crippen LogP contribution in [0.15, 0.2) is 29.1 Å². The average Bonchev–Trinajstić information content (AvgIpc) is 3.42. The summed E-state index contributed by atoms with van der Waals surface area (Å²) in [6.07, 6.45) is 0.124. The maximum Gasteiger partial charge on any atom is 0.343 e. The molecule has 2 aromatic carbocycles. The van der Waals surface area contributed by atoms with Crippen LogP contribution in [-0.2, 0) is 34.8 Å². The number of ether oxygens (including phenoxy) is 3. The lowest BCUT2D eigenvalue weighted by Gasteiger charge is -2.31. The number of hydrogen-bond acceptors (Lipinski definition) is 7. The first kappa shape index (κ1) is 21.2. The zero-order valence-electron chi connectivity index (χ0n) is 19.4. The van der Waals surface area contributed by atoms with E-state index < -0.39 is 11.6 Å². The van der Waals surface area contributed by atoms with Crippen molar-refractivity contribution in [3.63, 3.8) is 0 Å². The highest BCUT2D eigenvalue weighted by Crippen LogP contribution is 2.44. The third-order valence-electron chi connectivity index (χ3n) is 7.18. The standard InChI is InChI=1S/C26H26N2O6/c1-4-26(31)20-8-21-16-5-14-6-22-23(34-12-33-22)7-15(14)17(9-27-13(2)3)18(16)10-28(21)24(29)19(20)11-32-25(26)30/h5-8,13,27,31H,4,9-12H2,1-3H3/t26-/m0/s1. The van der Waals surface area contributed by atoms with Crippen molar-refractivity contribution in [2.45, 2.75) is 58.5 Å². The van der Waals surface area contributed by atoms with Gasteiger partial charge in [0.15, 0.2) is 17.1 Å². The Bertz CT molecular complexity index is 1440. The topological polar surface area (TPSA) is 99.0 Å². The third-order valence-corrected chi connectivity index (χ3v) is 7.18. The van der Waals surface area contributed by atoms with Gasteiger partial charge in [-0.3, -0.25) is 4.79 Å². The number of aromatic nitrogens is 1. The van der Waals surface area contributed by atoms with Gasteiger partial charge in [-0.2, -0.15) is 0 Å². The maximum absolute atomic E-state index is 13.5. The molecule has 2 N–H and O–H groups in total. The van der Waals surface area contributed by atoms with Gasteiger partial charge in [-0.05, 0) is 52.6 Å². The number of aliphatic hydroxyl groups is 1. The van der Waals surface area contributed by atoms with Gasteiger partial charge in [-0.25, -0.2) is 4.79 Å². The van der Waals surface area contributed by atoms with E-state index in [1.807, 2.05) is 12.1 Å². The monoisotopic (exact) mass is 462 g/mol. The van der Waals surface area contributed by atoms with Crippen LogP contribution in [0, 0.1) is 0 Å². The molecular weight excluding hydrogens is 436 g/mol. The number of hydrogen-bond donors (Lipinski definition) is 2. The summed E-state index contributed by atoms with van der Waals surface area (Å²) in [6.45, 7) is 7.00. The van der Waals surface area contributed by atoms with E-state index in [1.54, 1.807) is 17.6 Å². The molecule has 34 heavy (non-hydrogen) atoms. The highest BCUT2D eigenvalue weighted by atomic mass is 16.7. The lowest BCUT2D eigenvalue weighted by atomic mass is 9.85. The number of nitrogens with one attached hydrogen (secondary N) is 1. The van der Waals surface area contributed by atoms with Crippen molar-refractivity contribution in [2.24, 2.45) is 0 Å². The van der Waals surface area contributed by atoms with Crippen LogP contribution in [0.1, 0.15) is 49.4 Å². The molecule has 6 rings (SSSR count). The fourth-order valence-corrected chi connectivity index (χ4v) is 5.26. The van der Waals surface area contributed by atoms with Crippen molar-refractivity contribution in [1.82, 2.24) is 9.88 Å². The molecular formula is C26H26N2O6. The van der Waals surface area contributed by atoms with Crippen molar-refractivity contribution in [1.29, 1.82) is 0 Å². The quantitative estimate of drug-likeness (QED) is 0.450. The molecule has 0 bridgehead atoms. The molecule has 3 aliphatic rings. The zero-order chi connectivity index (χ0) is 23.8. The number of rotatable bonds is 4. The summed E-state index contributed by atoms with van der Waals surface area (Å²) in [5.41, 5.74) is 2.40. The van der Waals surface area contributed by atoms with E-state index in [0.29, 0.717) is 41.4 Å². The predicted octanol–water partition coefficient (Wildman–Crippen LogP) is 2.91. The fourth-order valence-electron chi connectivity index (χ4n) is 5.26. The van der Waals surface area contributed by atoms with E-state index in [0.717, 1.165) is 27.5 Å². The number of esters is 1. The minimum absolute atomic E-state index is 0.124. The molecule has 3 aliphatic heterocycles. The summed E-state index contributed by atoms with van der Waals surface area (Å²) < 4.78 is 18.1. The van der Waals surface area contributed by atoms with Gasteiger partial charge in [0.25, 0.3) is 5.56 Å². The third kappa shape index (κ3) is 2.85. The summed E-state index contributed by atoms with van der Waals surface area (Å²) in [4.78, 5) is 26.0. The van der Waals surface area contributed by atoms with E-state index >= 15 is 0 Å². The second-order valence-corrected chi connectivity index (χ2v) is 9.45. The summed E-state index contributed by atoms with van der Waals surface area (Å²) in [7, 11) is 0. The first-order valence-corrected chi connectivity index (χ1v) is 11.6.